The van der Waals surface area contributed by atoms with Crippen LogP contribution in [0, 0.1) is 0 Å². The zero-order valence-electron chi connectivity index (χ0n) is 6.42. The maximum Gasteiger partial charge on any atom is 0.243 e. The van der Waals surface area contributed by atoms with Crippen molar-refractivity contribution in [1.82, 2.24) is 5.32 Å². The molecule has 4 heteroatoms. The summed E-state index contributed by atoms with van der Waals surface area (Å²) >= 11 is 0. The molecule has 0 saturated heterocycles. The molecule has 0 spiro atoms. The maximum absolute atomic E-state index is 10.2. The zero-order valence-corrected chi connectivity index (χ0v) is 6.42. The number of carbonyl (C=O) groups excluding carboxylic acids is 1. The number of hydrogen-bond acceptors (Lipinski definition) is 3. The van der Waals surface area contributed by atoms with Crippen LogP contribution in [-0.4, -0.2) is 24.2 Å². The Balaban J connectivity index is 0. The molecule has 0 aromatic rings. The molecule has 0 atom stereocenters. The fourth-order valence-electron chi connectivity index (χ4n) is 0.251. The van der Waals surface area contributed by atoms with Crippen molar-refractivity contribution >= 4 is 5.91 Å². The summed E-state index contributed by atoms with van der Waals surface area (Å²) in [5.74, 6) is -0.251. The van der Waals surface area contributed by atoms with Crippen molar-refractivity contribution in [1.29, 1.82) is 0 Å². The number of aliphatic hydroxyl groups is 1. The summed E-state index contributed by atoms with van der Waals surface area (Å²) in [6.07, 6.45) is 2.41. The summed E-state index contributed by atoms with van der Waals surface area (Å²) in [5.41, 5.74) is 4.61. The minimum Gasteiger partial charge on any atom is -0.405 e. The van der Waals surface area contributed by atoms with Crippen LogP contribution in [0.5, 0.6) is 0 Å². The first-order valence-electron chi connectivity index (χ1n) is 3.06. The highest BCUT2D eigenvalue weighted by Gasteiger charge is 1.87. The van der Waals surface area contributed by atoms with Crippen molar-refractivity contribution in [2.24, 2.45) is 5.73 Å². The van der Waals surface area contributed by atoms with Gasteiger partial charge < -0.3 is 16.2 Å². The van der Waals surface area contributed by atoms with Crippen molar-refractivity contribution in [3.63, 3.8) is 0 Å². The normalized spacial score (nSPS) is 7.00. The van der Waals surface area contributed by atoms with Crippen molar-refractivity contribution in [3.8, 4) is 0 Å². The molecule has 0 bridgehead atoms. The van der Waals surface area contributed by atoms with Gasteiger partial charge in [0.1, 0.15) is 0 Å². The second-order valence-electron chi connectivity index (χ2n) is 1.45. The predicted octanol–water partition coefficient (Wildman–Crippen LogP) is -0.631. The number of amides is 1. The van der Waals surface area contributed by atoms with Gasteiger partial charge in [-0.2, -0.15) is 0 Å². The molecule has 0 rings (SSSR count). The molecule has 0 aromatic heterocycles. The fourth-order valence-corrected chi connectivity index (χ4v) is 0.251. The van der Waals surface area contributed by atoms with Crippen LogP contribution in [0.2, 0.25) is 0 Å². The van der Waals surface area contributed by atoms with E-state index in [0.29, 0.717) is 6.54 Å². The van der Waals surface area contributed by atoms with Gasteiger partial charge in [0.25, 0.3) is 0 Å². The first kappa shape index (κ1) is 12.4. The highest BCUT2D eigenvalue weighted by molar-refractivity contribution is 5.86. The Kier molecular flexibility index (Phi) is 13.0. The summed E-state index contributed by atoms with van der Waals surface area (Å²) in [5, 5.41) is 10.5. The van der Waals surface area contributed by atoms with Crippen LogP contribution < -0.4 is 11.1 Å². The van der Waals surface area contributed by atoms with Gasteiger partial charge in [-0.1, -0.05) is 13.2 Å². The zero-order chi connectivity index (χ0) is 9.11. The summed E-state index contributed by atoms with van der Waals surface area (Å²) in [4.78, 5) is 10.2. The van der Waals surface area contributed by atoms with Gasteiger partial charge in [-0.05, 0) is 12.3 Å². The second-order valence-corrected chi connectivity index (χ2v) is 1.45. The van der Waals surface area contributed by atoms with Crippen LogP contribution in [-0.2, 0) is 4.79 Å². The van der Waals surface area contributed by atoms with E-state index in [-0.39, 0.29) is 12.5 Å². The molecule has 0 radical (unpaired) electrons. The Hall–Kier alpha value is -1.29. The highest BCUT2D eigenvalue weighted by Crippen LogP contribution is 1.62. The Morgan fingerprint density at radius 3 is 2.36 bits per heavy atom. The SMILES string of the molecule is C=CC(=O)NCCO.C=CN. The van der Waals surface area contributed by atoms with E-state index >= 15 is 0 Å². The number of nitrogens with two attached hydrogens (primary N) is 1. The van der Waals surface area contributed by atoms with E-state index in [9.17, 15) is 4.79 Å². The minimum atomic E-state index is -0.251. The van der Waals surface area contributed by atoms with E-state index in [2.05, 4.69) is 24.2 Å². The Morgan fingerprint density at radius 1 is 1.64 bits per heavy atom. The first-order chi connectivity index (χ1) is 5.22. The van der Waals surface area contributed by atoms with Crippen LogP contribution in [0.1, 0.15) is 0 Å². The Morgan fingerprint density at radius 2 is 2.09 bits per heavy atom. The lowest BCUT2D eigenvalue weighted by Crippen LogP contribution is -2.23. The minimum absolute atomic E-state index is 0.0282. The van der Waals surface area contributed by atoms with Gasteiger partial charge in [-0.25, -0.2) is 0 Å². The van der Waals surface area contributed by atoms with Crippen LogP contribution >= 0.6 is 0 Å². The topological polar surface area (TPSA) is 75.3 Å². The summed E-state index contributed by atoms with van der Waals surface area (Å²) in [6.45, 7) is 6.63. The van der Waals surface area contributed by atoms with Crippen molar-refractivity contribution in [2.45, 2.75) is 0 Å². The number of aliphatic hydroxyl groups excluding tert-OH is 1. The molecule has 4 N–H and O–H groups in total. The number of nitrogens with one attached hydrogen (secondary N) is 1. The molecular weight excluding hydrogens is 144 g/mol. The average molecular weight is 158 g/mol. The average Bonchev–Trinajstić information content (AvgIpc) is 2.02. The van der Waals surface area contributed by atoms with Gasteiger partial charge in [-0.15, -0.1) is 0 Å². The van der Waals surface area contributed by atoms with Crippen LogP contribution in [0.4, 0.5) is 0 Å². The van der Waals surface area contributed by atoms with Gasteiger partial charge in [0.15, 0.2) is 0 Å². The van der Waals surface area contributed by atoms with Crippen LogP contribution in [0.3, 0.4) is 0 Å². The predicted molar refractivity (Wildman–Crippen MR) is 44.7 cm³/mol. The van der Waals surface area contributed by atoms with E-state index in [0.717, 1.165) is 6.08 Å². The smallest absolute Gasteiger partial charge is 0.243 e. The van der Waals surface area contributed by atoms with Crippen molar-refractivity contribution < 1.29 is 9.90 Å². The van der Waals surface area contributed by atoms with E-state index < -0.39 is 0 Å². The van der Waals surface area contributed by atoms with Gasteiger partial charge in [0, 0.05) is 6.54 Å². The van der Waals surface area contributed by atoms with Crippen molar-refractivity contribution in [3.05, 3.63) is 25.4 Å². The molecule has 0 fully saturated rings. The lowest BCUT2D eigenvalue weighted by atomic mass is 10.5. The molecule has 0 aliphatic rings. The van der Waals surface area contributed by atoms with E-state index in [1.807, 2.05) is 0 Å². The third-order valence-corrected chi connectivity index (χ3v) is 0.596. The van der Waals surface area contributed by atoms with E-state index in [4.69, 9.17) is 5.11 Å². The molecule has 11 heavy (non-hydrogen) atoms. The van der Waals surface area contributed by atoms with Crippen molar-refractivity contribution in [2.75, 3.05) is 13.2 Å². The largest absolute Gasteiger partial charge is 0.405 e. The molecule has 4 nitrogen and oxygen atoms in total. The van der Waals surface area contributed by atoms with Gasteiger partial charge >= 0.3 is 0 Å². The summed E-state index contributed by atoms with van der Waals surface area (Å²) in [7, 11) is 0. The number of hydrogen-bond donors (Lipinski definition) is 3. The number of carbonyl (C=O) groups is 1. The van der Waals surface area contributed by atoms with E-state index in [1.54, 1.807) is 0 Å². The molecule has 1 amide bonds. The quantitative estimate of drug-likeness (QED) is 0.479. The van der Waals surface area contributed by atoms with Gasteiger partial charge in [0.2, 0.25) is 5.91 Å². The molecule has 0 heterocycles. The maximum atomic E-state index is 10.2. The molecule has 0 aliphatic carbocycles. The Bertz CT molecular complexity index is 124. The molecule has 0 aliphatic heterocycles. The van der Waals surface area contributed by atoms with Gasteiger partial charge in [-0.3, -0.25) is 4.79 Å². The second kappa shape index (κ2) is 11.5. The van der Waals surface area contributed by atoms with Crippen LogP contribution in [0.15, 0.2) is 25.4 Å². The third-order valence-electron chi connectivity index (χ3n) is 0.596. The fraction of sp³-hybridized carbons (Fsp3) is 0.286. The summed E-state index contributed by atoms with van der Waals surface area (Å²) < 4.78 is 0. The lowest BCUT2D eigenvalue weighted by molar-refractivity contribution is -0.116. The highest BCUT2D eigenvalue weighted by atomic mass is 16.3. The van der Waals surface area contributed by atoms with E-state index in [1.165, 1.54) is 6.20 Å². The van der Waals surface area contributed by atoms with Gasteiger partial charge in [0.05, 0.1) is 6.61 Å². The Labute approximate surface area is 66.4 Å². The molecular formula is C7H14N2O2. The molecule has 0 aromatic carbocycles. The lowest BCUT2D eigenvalue weighted by Gasteiger charge is -1.94. The molecule has 0 unspecified atom stereocenters. The van der Waals surface area contributed by atoms with Crippen LogP contribution in [0.25, 0.3) is 0 Å². The third kappa shape index (κ3) is 17.7. The summed E-state index contributed by atoms with van der Waals surface area (Å²) in [6, 6.07) is 0. The molecule has 64 valence electrons. The monoisotopic (exact) mass is 158 g/mol. The number of rotatable bonds is 3. The first-order valence-corrected chi connectivity index (χ1v) is 3.06. The molecule has 0 saturated carbocycles. The standard InChI is InChI=1S/C5H9NO2.C2H5N/c1-2-5(8)6-3-4-7;1-2-3/h2,7H,1,3-4H2,(H,6,8);2H,1,3H2.